The molecule has 0 bridgehead atoms. The summed E-state index contributed by atoms with van der Waals surface area (Å²) in [5, 5.41) is 3.43. The zero-order chi connectivity index (χ0) is 10.8. The molecule has 14 heavy (non-hydrogen) atoms. The van der Waals surface area contributed by atoms with Crippen LogP contribution in [0.2, 0.25) is 0 Å². The van der Waals surface area contributed by atoms with Gasteiger partial charge in [-0.2, -0.15) is 0 Å². The lowest BCUT2D eigenvalue weighted by atomic mass is 10.1. The van der Waals surface area contributed by atoms with E-state index in [9.17, 15) is 0 Å². The second-order valence-corrected chi connectivity index (χ2v) is 5.30. The standard InChI is InChI=1S/C11H17BrN2/c1-11(2,3)14-10-5-4-9(12)6-8(10)7-13/h4-6,14H,7,13H2,1-3H3. The zero-order valence-electron chi connectivity index (χ0n) is 8.89. The Bertz CT molecular complexity index is 316. The first-order valence-corrected chi connectivity index (χ1v) is 5.48. The molecule has 1 aromatic rings. The van der Waals surface area contributed by atoms with E-state index in [0.717, 1.165) is 15.7 Å². The van der Waals surface area contributed by atoms with Crippen LogP contribution in [0, 0.1) is 0 Å². The molecule has 0 aliphatic carbocycles. The van der Waals surface area contributed by atoms with E-state index in [-0.39, 0.29) is 5.54 Å². The lowest BCUT2D eigenvalue weighted by Crippen LogP contribution is -2.27. The van der Waals surface area contributed by atoms with Gasteiger partial charge < -0.3 is 11.1 Å². The maximum atomic E-state index is 5.68. The monoisotopic (exact) mass is 256 g/mol. The van der Waals surface area contributed by atoms with E-state index in [0.29, 0.717) is 6.54 Å². The summed E-state index contributed by atoms with van der Waals surface area (Å²) in [4.78, 5) is 0. The minimum absolute atomic E-state index is 0.0672. The first kappa shape index (κ1) is 11.5. The highest BCUT2D eigenvalue weighted by Gasteiger charge is 2.11. The summed E-state index contributed by atoms with van der Waals surface area (Å²) in [5.74, 6) is 0. The average Bonchev–Trinajstić information content (AvgIpc) is 2.06. The molecule has 0 fully saturated rings. The van der Waals surface area contributed by atoms with Crippen LogP contribution in [0.4, 0.5) is 5.69 Å². The third-order valence-corrected chi connectivity index (χ3v) is 2.29. The predicted octanol–water partition coefficient (Wildman–Crippen LogP) is 3.12. The van der Waals surface area contributed by atoms with Crippen molar-refractivity contribution in [2.75, 3.05) is 5.32 Å². The van der Waals surface area contributed by atoms with Gasteiger partial charge in [0.15, 0.2) is 0 Å². The molecule has 0 radical (unpaired) electrons. The van der Waals surface area contributed by atoms with Gasteiger partial charge in [-0.05, 0) is 44.5 Å². The number of nitrogens with one attached hydrogen (secondary N) is 1. The molecule has 0 spiro atoms. The quantitative estimate of drug-likeness (QED) is 0.854. The predicted molar refractivity (Wildman–Crippen MR) is 65.4 cm³/mol. The van der Waals surface area contributed by atoms with Crippen molar-refractivity contribution in [3.8, 4) is 0 Å². The normalized spacial score (nSPS) is 11.5. The molecule has 0 aliphatic rings. The number of benzene rings is 1. The highest BCUT2D eigenvalue weighted by Crippen LogP contribution is 2.23. The van der Waals surface area contributed by atoms with Crippen molar-refractivity contribution in [1.82, 2.24) is 0 Å². The van der Waals surface area contributed by atoms with Crippen molar-refractivity contribution in [1.29, 1.82) is 0 Å². The lowest BCUT2D eigenvalue weighted by Gasteiger charge is -2.24. The summed E-state index contributed by atoms with van der Waals surface area (Å²) in [6.07, 6.45) is 0. The largest absolute Gasteiger partial charge is 0.380 e. The van der Waals surface area contributed by atoms with Gasteiger partial charge in [-0.25, -0.2) is 0 Å². The molecule has 2 nitrogen and oxygen atoms in total. The van der Waals surface area contributed by atoms with Crippen LogP contribution in [-0.2, 0) is 6.54 Å². The summed E-state index contributed by atoms with van der Waals surface area (Å²) in [6, 6.07) is 6.12. The molecule has 0 aromatic heterocycles. The Labute approximate surface area is 94.0 Å². The fourth-order valence-electron chi connectivity index (χ4n) is 1.26. The van der Waals surface area contributed by atoms with E-state index in [1.807, 2.05) is 12.1 Å². The van der Waals surface area contributed by atoms with Crippen LogP contribution in [0.1, 0.15) is 26.3 Å². The van der Waals surface area contributed by atoms with Crippen LogP contribution in [0.15, 0.2) is 22.7 Å². The summed E-state index contributed by atoms with van der Waals surface area (Å²) in [5.41, 5.74) is 7.99. The van der Waals surface area contributed by atoms with Crippen LogP contribution in [0.3, 0.4) is 0 Å². The van der Waals surface area contributed by atoms with Crippen LogP contribution in [-0.4, -0.2) is 5.54 Å². The number of nitrogens with two attached hydrogens (primary N) is 1. The maximum Gasteiger partial charge on any atom is 0.0390 e. The van der Waals surface area contributed by atoms with Crippen molar-refractivity contribution in [3.63, 3.8) is 0 Å². The fraction of sp³-hybridized carbons (Fsp3) is 0.455. The highest BCUT2D eigenvalue weighted by molar-refractivity contribution is 9.10. The molecule has 0 heterocycles. The molecule has 0 saturated heterocycles. The Kier molecular flexibility index (Phi) is 3.56. The smallest absolute Gasteiger partial charge is 0.0390 e. The second kappa shape index (κ2) is 4.32. The number of rotatable bonds is 2. The third-order valence-electron chi connectivity index (χ3n) is 1.80. The van der Waals surface area contributed by atoms with E-state index in [4.69, 9.17) is 5.73 Å². The minimum Gasteiger partial charge on any atom is -0.380 e. The highest BCUT2D eigenvalue weighted by atomic mass is 79.9. The van der Waals surface area contributed by atoms with Gasteiger partial charge in [0, 0.05) is 22.2 Å². The molecule has 0 amide bonds. The molecular formula is C11H17BrN2. The number of hydrogen-bond acceptors (Lipinski definition) is 2. The van der Waals surface area contributed by atoms with Crippen LogP contribution < -0.4 is 11.1 Å². The van der Waals surface area contributed by atoms with Crippen molar-refractivity contribution >= 4 is 21.6 Å². The van der Waals surface area contributed by atoms with Crippen molar-refractivity contribution in [2.45, 2.75) is 32.9 Å². The summed E-state index contributed by atoms with van der Waals surface area (Å²) in [6.45, 7) is 6.96. The molecule has 78 valence electrons. The Morgan fingerprint density at radius 2 is 2.00 bits per heavy atom. The Morgan fingerprint density at radius 3 is 2.50 bits per heavy atom. The van der Waals surface area contributed by atoms with Crippen LogP contribution >= 0.6 is 15.9 Å². The molecule has 0 atom stereocenters. The Hall–Kier alpha value is -0.540. The van der Waals surface area contributed by atoms with Crippen molar-refractivity contribution in [2.24, 2.45) is 5.73 Å². The topological polar surface area (TPSA) is 38.0 Å². The number of anilines is 1. The second-order valence-electron chi connectivity index (χ2n) is 4.38. The van der Waals surface area contributed by atoms with Gasteiger partial charge >= 0.3 is 0 Å². The van der Waals surface area contributed by atoms with Gasteiger partial charge in [0.25, 0.3) is 0 Å². The maximum absolute atomic E-state index is 5.68. The van der Waals surface area contributed by atoms with Crippen molar-refractivity contribution in [3.05, 3.63) is 28.2 Å². The summed E-state index contributed by atoms with van der Waals surface area (Å²) < 4.78 is 1.07. The van der Waals surface area contributed by atoms with E-state index in [1.54, 1.807) is 0 Å². The first-order valence-electron chi connectivity index (χ1n) is 4.69. The SMILES string of the molecule is CC(C)(C)Nc1ccc(Br)cc1CN. The number of halogens is 1. The number of hydrogen-bond donors (Lipinski definition) is 2. The third kappa shape index (κ3) is 3.31. The summed E-state index contributed by atoms with van der Waals surface area (Å²) in [7, 11) is 0. The van der Waals surface area contributed by atoms with E-state index in [2.05, 4.69) is 48.1 Å². The minimum atomic E-state index is 0.0672. The molecule has 3 N–H and O–H groups in total. The van der Waals surface area contributed by atoms with E-state index in [1.165, 1.54) is 0 Å². The van der Waals surface area contributed by atoms with Gasteiger partial charge in [-0.15, -0.1) is 0 Å². The van der Waals surface area contributed by atoms with Gasteiger partial charge in [-0.3, -0.25) is 0 Å². The molecule has 0 unspecified atom stereocenters. The zero-order valence-corrected chi connectivity index (χ0v) is 10.5. The molecule has 1 aromatic carbocycles. The molecular weight excluding hydrogens is 240 g/mol. The molecule has 3 heteroatoms. The van der Waals surface area contributed by atoms with Crippen LogP contribution in [0.5, 0.6) is 0 Å². The summed E-state index contributed by atoms with van der Waals surface area (Å²) >= 11 is 3.43. The van der Waals surface area contributed by atoms with Crippen LogP contribution in [0.25, 0.3) is 0 Å². The molecule has 0 aliphatic heterocycles. The average molecular weight is 257 g/mol. The lowest BCUT2D eigenvalue weighted by molar-refractivity contribution is 0.632. The Morgan fingerprint density at radius 1 is 1.36 bits per heavy atom. The first-order chi connectivity index (χ1) is 6.42. The van der Waals surface area contributed by atoms with Gasteiger partial charge in [-0.1, -0.05) is 15.9 Å². The fourth-order valence-corrected chi connectivity index (χ4v) is 1.67. The Balaban J connectivity index is 2.97. The van der Waals surface area contributed by atoms with E-state index >= 15 is 0 Å². The molecule has 1 rings (SSSR count). The van der Waals surface area contributed by atoms with Gasteiger partial charge in [0.05, 0.1) is 0 Å². The van der Waals surface area contributed by atoms with Gasteiger partial charge in [0.2, 0.25) is 0 Å². The van der Waals surface area contributed by atoms with Gasteiger partial charge in [0.1, 0.15) is 0 Å². The molecule has 0 saturated carbocycles. The van der Waals surface area contributed by atoms with E-state index < -0.39 is 0 Å². The van der Waals surface area contributed by atoms with Crippen molar-refractivity contribution < 1.29 is 0 Å².